The van der Waals surface area contributed by atoms with Gasteiger partial charge in [0.15, 0.2) is 0 Å². The van der Waals surface area contributed by atoms with Crippen molar-refractivity contribution < 1.29 is 4.21 Å². The fraction of sp³-hybridized carbons (Fsp3) is 0.533. The van der Waals surface area contributed by atoms with Gasteiger partial charge in [-0.2, -0.15) is 5.26 Å². The van der Waals surface area contributed by atoms with Gasteiger partial charge in [0, 0.05) is 0 Å². The molecule has 0 heterocycles. The molecule has 1 aliphatic rings. The minimum atomic E-state index is -1.19. The number of halogens is 1. The number of nitrogens with zero attached hydrogens (tertiary/aromatic N) is 1. The summed E-state index contributed by atoms with van der Waals surface area (Å²) in [5, 5.41) is 9.73. The van der Waals surface area contributed by atoms with E-state index >= 15 is 0 Å². The smallest absolute Gasteiger partial charge is 0.0668 e. The maximum absolute atomic E-state index is 12.7. The molecule has 2 nitrogen and oxygen atoms in total. The number of nitriles is 1. The average molecular weight is 296 g/mol. The standard InChI is InChI=1S/C15H18ClNOS/c1-2-11-7-8-12(10-17)15(9-11)19(18)14-6-4-3-5-13(14)16/h3-6,11-12,15H,2,7-9H2,1H3. The summed E-state index contributed by atoms with van der Waals surface area (Å²) in [5.74, 6) is 0.473. The van der Waals surface area contributed by atoms with Gasteiger partial charge in [-0.05, 0) is 37.3 Å². The summed E-state index contributed by atoms with van der Waals surface area (Å²) in [4.78, 5) is 0.672. The van der Waals surface area contributed by atoms with Gasteiger partial charge < -0.3 is 0 Å². The maximum Gasteiger partial charge on any atom is 0.0668 e. The van der Waals surface area contributed by atoms with Crippen molar-refractivity contribution in [1.82, 2.24) is 0 Å². The van der Waals surface area contributed by atoms with Gasteiger partial charge >= 0.3 is 0 Å². The lowest BCUT2D eigenvalue weighted by molar-refractivity contribution is 0.313. The summed E-state index contributed by atoms with van der Waals surface area (Å²) in [7, 11) is -1.19. The zero-order valence-electron chi connectivity index (χ0n) is 11.0. The second kappa shape index (κ2) is 6.54. The molecule has 0 aromatic heterocycles. The van der Waals surface area contributed by atoms with Crippen LogP contribution in [0.4, 0.5) is 0 Å². The molecule has 0 N–H and O–H groups in total. The molecular weight excluding hydrogens is 278 g/mol. The summed E-state index contributed by atoms with van der Waals surface area (Å²) < 4.78 is 12.7. The van der Waals surface area contributed by atoms with Crippen molar-refractivity contribution in [2.45, 2.75) is 42.8 Å². The van der Waals surface area contributed by atoms with E-state index in [9.17, 15) is 9.47 Å². The Morgan fingerprint density at radius 3 is 2.79 bits per heavy atom. The Labute approximate surface area is 122 Å². The Bertz CT molecular complexity index is 511. The second-order valence-electron chi connectivity index (χ2n) is 5.09. The van der Waals surface area contributed by atoms with E-state index in [2.05, 4.69) is 13.0 Å². The van der Waals surface area contributed by atoms with E-state index in [-0.39, 0.29) is 11.2 Å². The maximum atomic E-state index is 12.7. The van der Waals surface area contributed by atoms with Crippen molar-refractivity contribution in [3.63, 3.8) is 0 Å². The lowest BCUT2D eigenvalue weighted by atomic mass is 9.81. The van der Waals surface area contributed by atoms with Crippen LogP contribution in [0, 0.1) is 23.2 Å². The Kier molecular flexibility index (Phi) is 5.01. The van der Waals surface area contributed by atoms with Crippen LogP contribution in [0.15, 0.2) is 29.2 Å². The van der Waals surface area contributed by atoms with Gasteiger partial charge in [0.1, 0.15) is 0 Å². The number of benzene rings is 1. The van der Waals surface area contributed by atoms with E-state index in [0.717, 1.165) is 25.7 Å². The van der Waals surface area contributed by atoms with E-state index in [1.165, 1.54) is 0 Å². The molecule has 1 aliphatic carbocycles. The fourth-order valence-electron chi connectivity index (χ4n) is 2.74. The van der Waals surface area contributed by atoms with E-state index in [4.69, 9.17) is 11.6 Å². The van der Waals surface area contributed by atoms with Crippen molar-refractivity contribution in [3.8, 4) is 6.07 Å². The van der Waals surface area contributed by atoms with Gasteiger partial charge in [0.25, 0.3) is 0 Å². The first kappa shape index (κ1) is 14.6. The van der Waals surface area contributed by atoms with Crippen LogP contribution >= 0.6 is 11.6 Å². The van der Waals surface area contributed by atoms with Gasteiger partial charge in [0.2, 0.25) is 0 Å². The molecule has 1 fully saturated rings. The zero-order valence-corrected chi connectivity index (χ0v) is 12.6. The Hall–Kier alpha value is -0.850. The molecule has 19 heavy (non-hydrogen) atoms. The van der Waals surface area contributed by atoms with Crippen LogP contribution in [0.5, 0.6) is 0 Å². The molecule has 1 aromatic carbocycles. The monoisotopic (exact) mass is 295 g/mol. The lowest BCUT2D eigenvalue weighted by Gasteiger charge is -2.31. The van der Waals surface area contributed by atoms with Crippen LogP contribution in [-0.4, -0.2) is 9.46 Å². The minimum absolute atomic E-state index is 0.0800. The van der Waals surface area contributed by atoms with Crippen LogP contribution in [0.3, 0.4) is 0 Å². The SMILES string of the molecule is CCC1CCC(C#N)C(S(=O)c2ccccc2Cl)C1. The first-order chi connectivity index (χ1) is 9.17. The summed E-state index contributed by atoms with van der Waals surface area (Å²) in [5.41, 5.74) is 0. The summed E-state index contributed by atoms with van der Waals surface area (Å²) in [6, 6.07) is 9.58. The van der Waals surface area contributed by atoms with Gasteiger partial charge in [-0.25, -0.2) is 0 Å². The molecule has 0 saturated heterocycles. The van der Waals surface area contributed by atoms with Crippen molar-refractivity contribution >= 4 is 22.4 Å². The van der Waals surface area contributed by atoms with Gasteiger partial charge in [-0.3, -0.25) is 4.21 Å². The van der Waals surface area contributed by atoms with E-state index in [1.54, 1.807) is 6.07 Å². The predicted molar refractivity (Wildman–Crippen MR) is 78.4 cm³/mol. The normalized spacial score (nSPS) is 28.6. The van der Waals surface area contributed by atoms with Crippen molar-refractivity contribution in [2.75, 3.05) is 0 Å². The van der Waals surface area contributed by atoms with Crippen molar-refractivity contribution in [1.29, 1.82) is 5.26 Å². The molecule has 2 rings (SSSR count). The van der Waals surface area contributed by atoms with Crippen LogP contribution in [-0.2, 0) is 10.8 Å². The first-order valence-corrected chi connectivity index (χ1v) is 8.31. The minimum Gasteiger partial charge on any atom is -0.254 e. The van der Waals surface area contributed by atoms with Crippen molar-refractivity contribution in [2.24, 2.45) is 11.8 Å². The highest BCUT2D eigenvalue weighted by Crippen LogP contribution is 2.36. The Balaban J connectivity index is 2.25. The molecule has 0 amide bonds. The third kappa shape index (κ3) is 3.19. The molecule has 0 spiro atoms. The Morgan fingerprint density at radius 1 is 1.42 bits per heavy atom. The highest BCUT2D eigenvalue weighted by molar-refractivity contribution is 7.85. The predicted octanol–water partition coefficient (Wildman–Crippen LogP) is 4.17. The van der Waals surface area contributed by atoms with Crippen LogP contribution in [0.2, 0.25) is 5.02 Å². The average Bonchev–Trinajstić information content (AvgIpc) is 2.46. The molecular formula is C15H18ClNOS. The van der Waals surface area contributed by atoms with Gasteiger partial charge in [0.05, 0.1) is 38.0 Å². The third-order valence-electron chi connectivity index (χ3n) is 3.97. The lowest BCUT2D eigenvalue weighted by Crippen LogP contribution is -2.32. The van der Waals surface area contributed by atoms with Crippen LogP contribution in [0.1, 0.15) is 32.6 Å². The molecule has 4 unspecified atom stereocenters. The molecule has 102 valence electrons. The molecule has 0 bridgehead atoms. The quantitative estimate of drug-likeness (QED) is 0.840. The topological polar surface area (TPSA) is 40.9 Å². The molecule has 0 radical (unpaired) electrons. The van der Waals surface area contributed by atoms with Gasteiger partial charge in [-0.1, -0.05) is 37.1 Å². The zero-order chi connectivity index (χ0) is 13.8. The molecule has 4 heteroatoms. The molecule has 1 aromatic rings. The first-order valence-electron chi connectivity index (χ1n) is 6.72. The van der Waals surface area contributed by atoms with Gasteiger partial charge in [-0.15, -0.1) is 0 Å². The summed E-state index contributed by atoms with van der Waals surface area (Å²) in [6.45, 7) is 2.16. The van der Waals surface area contributed by atoms with E-state index < -0.39 is 10.8 Å². The molecule has 1 saturated carbocycles. The van der Waals surface area contributed by atoms with Crippen molar-refractivity contribution in [3.05, 3.63) is 29.3 Å². The number of hydrogen-bond donors (Lipinski definition) is 0. The summed E-state index contributed by atoms with van der Waals surface area (Å²) >= 11 is 6.12. The number of hydrogen-bond acceptors (Lipinski definition) is 2. The highest BCUT2D eigenvalue weighted by atomic mass is 35.5. The largest absolute Gasteiger partial charge is 0.254 e. The number of rotatable bonds is 3. The fourth-order valence-corrected chi connectivity index (χ4v) is 4.84. The van der Waals surface area contributed by atoms with E-state index in [1.807, 2.05) is 18.2 Å². The van der Waals surface area contributed by atoms with Crippen LogP contribution < -0.4 is 0 Å². The van der Waals surface area contributed by atoms with Crippen LogP contribution in [0.25, 0.3) is 0 Å². The molecule has 0 aliphatic heterocycles. The Morgan fingerprint density at radius 2 is 2.16 bits per heavy atom. The van der Waals surface area contributed by atoms with E-state index in [0.29, 0.717) is 15.8 Å². The molecule has 4 atom stereocenters. The third-order valence-corrected chi connectivity index (χ3v) is 6.27. The highest BCUT2D eigenvalue weighted by Gasteiger charge is 2.35. The second-order valence-corrected chi connectivity index (χ2v) is 7.14. The summed E-state index contributed by atoms with van der Waals surface area (Å²) in [6.07, 6.45) is 3.89.